The summed E-state index contributed by atoms with van der Waals surface area (Å²) in [5.41, 5.74) is 6.42. The number of rotatable bonds is 6. The van der Waals surface area contributed by atoms with Gasteiger partial charge in [0, 0.05) is 4.91 Å². The molecule has 1 aromatic heterocycles. The fraction of sp³-hybridized carbons (Fsp3) is 0.600. The van der Waals surface area contributed by atoms with Gasteiger partial charge in [-0.15, -0.1) is 10.2 Å². The molecule has 20 heavy (non-hydrogen) atoms. The second kappa shape index (κ2) is 6.83. The summed E-state index contributed by atoms with van der Waals surface area (Å²) in [6.07, 6.45) is 0. The minimum atomic E-state index is -2.29. The molecular formula is C10H13N5O4S. The lowest BCUT2D eigenvalue weighted by atomic mass is 10.0. The van der Waals surface area contributed by atoms with Crippen molar-refractivity contribution in [2.75, 3.05) is 13.2 Å². The van der Waals surface area contributed by atoms with E-state index in [1.807, 2.05) is 0 Å². The van der Waals surface area contributed by atoms with Gasteiger partial charge in [-0.25, -0.2) is 0 Å². The molecule has 0 radical (unpaired) electrons. The van der Waals surface area contributed by atoms with Gasteiger partial charge in [-0.2, -0.15) is 0 Å². The van der Waals surface area contributed by atoms with Crippen LogP contribution in [-0.4, -0.2) is 35.3 Å². The van der Waals surface area contributed by atoms with Gasteiger partial charge in [-0.05, 0) is 26.3 Å². The van der Waals surface area contributed by atoms with Crippen molar-refractivity contribution in [1.29, 1.82) is 0 Å². The maximum atomic E-state index is 12.1. The van der Waals surface area contributed by atoms with Crippen LogP contribution in [0.15, 0.2) is 5.11 Å². The third kappa shape index (κ3) is 2.86. The monoisotopic (exact) mass is 299 g/mol. The molecule has 0 aromatic carbocycles. The van der Waals surface area contributed by atoms with Crippen molar-refractivity contribution in [2.45, 2.75) is 26.3 Å². The summed E-state index contributed by atoms with van der Waals surface area (Å²) in [4.78, 5) is 26.8. The van der Waals surface area contributed by atoms with Crippen molar-refractivity contribution in [3.05, 3.63) is 20.5 Å². The SMILES string of the molecule is CCOC(=O)C(N=[N+]=[N-])(C(=O)OCC)c1nnc(C)s1. The molecule has 1 heterocycles. The molecule has 0 saturated carbocycles. The third-order valence-electron chi connectivity index (χ3n) is 2.17. The number of aromatic nitrogens is 2. The van der Waals surface area contributed by atoms with Crippen LogP contribution in [0.5, 0.6) is 0 Å². The summed E-state index contributed by atoms with van der Waals surface area (Å²) in [6, 6.07) is 0. The Morgan fingerprint density at radius 2 is 1.85 bits per heavy atom. The third-order valence-corrected chi connectivity index (χ3v) is 3.12. The van der Waals surface area contributed by atoms with Gasteiger partial charge in [0.05, 0.1) is 13.2 Å². The van der Waals surface area contributed by atoms with Crippen LogP contribution < -0.4 is 0 Å². The Balaban J connectivity index is 3.45. The highest BCUT2D eigenvalue weighted by Crippen LogP contribution is 2.32. The largest absolute Gasteiger partial charge is 0.465 e. The molecule has 9 nitrogen and oxygen atoms in total. The van der Waals surface area contributed by atoms with Crippen molar-refractivity contribution in [3.8, 4) is 0 Å². The molecule has 0 aliphatic rings. The smallest absolute Gasteiger partial charge is 0.336 e. The summed E-state index contributed by atoms with van der Waals surface area (Å²) in [5.74, 6) is -2.07. The predicted molar refractivity (Wildman–Crippen MR) is 68.7 cm³/mol. The van der Waals surface area contributed by atoms with Crippen LogP contribution in [0.25, 0.3) is 10.4 Å². The average Bonchev–Trinajstić information content (AvgIpc) is 2.83. The molecule has 0 aliphatic carbocycles. The Kier molecular flexibility index (Phi) is 5.42. The molecule has 0 atom stereocenters. The second-order valence-electron chi connectivity index (χ2n) is 3.47. The van der Waals surface area contributed by atoms with Gasteiger partial charge in [0.15, 0.2) is 5.01 Å². The number of nitrogens with zero attached hydrogens (tertiary/aromatic N) is 5. The topological polar surface area (TPSA) is 127 Å². The van der Waals surface area contributed by atoms with Crippen LogP contribution in [0.1, 0.15) is 23.9 Å². The van der Waals surface area contributed by atoms with E-state index in [2.05, 4.69) is 20.2 Å². The Bertz CT molecular complexity index is 534. The van der Waals surface area contributed by atoms with Gasteiger partial charge in [0.25, 0.3) is 5.54 Å². The first-order chi connectivity index (χ1) is 9.52. The Hall–Kier alpha value is -2.19. The lowest BCUT2D eigenvalue weighted by molar-refractivity contribution is -0.164. The zero-order valence-electron chi connectivity index (χ0n) is 11.2. The Labute approximate surface area is 118 Å². The Morgan fingerprint density at radius 3 is 2.20 bits per heavy atom. The number of hydrogen-bond donors (Lipinski definition) is 0. The maximum absolute atomic E-state index is 12.1. The molecule has 0 spiro atoms. The molecule has 0 fully saturated rings. The fourth-order valence-corrected chi connectivity index (χ4v) is 2.16. The van der Waals surface area contributed by atoms with Crippen molar-refractivity contribution in [2.24, 2.45) is 5.11 Å². The molecule has 1 rings (SSSR count). The summed E-state index contributed by atoms with van der Waals surface area (Å²) in [5, 5.41) is 11.2. The molecule has 108 valence electrons. The van der Waals surface area contributed by atoms with Crippen LogP contribution in [0, 0.1) is 6.92 Å². The first-order valence-corrected chi connectivity index (χ1v) is 6.55. The molecule has 0 aliphatic heterocycles. The highest BCUT2D eigenvalue weighted by Gasteiger charge is 2.53. The highest BCUT2D eigenvalue weighted by molar-refractivity contribution is 7.11. The molecule has 0 unspecified atom stereocenters. The quantitative estimate of drug-likeness (QED) is 0.257. The zero-order chi connectivity index (χ0) is 15.2. The van der Waals surface area contributed by atoms with Crippen LogP contribution >= 0.6 is 11.3 Å². The number of ether oxygens (including phenoxy) is 2. The van der Waals surface area contributed by atoms with E-state index in [0.29, 0.717) is 5.01 Å². The fourth-order valence-electron chi connectivity index (χ4n) is 1.36. The molecule has 0 amide bonds. The first kappa shape index (κ1) is 15.9. The van der Waals surface area contributed by atoms with E-state index in [9.17, 15) is 9.59 Å². The van der Waals surface area contributed by atoms with Crippen LogP contribution in [0.2, 0.25) is 0 Å². The number of azide groups is 1. The number of carbonyl (C=O) groups is 2. The van der Waals surface area contributed by atoms with Crippen molar-refractivity contribution in [3.63, 3.8) is 0 Å². The van der Waals surface area contributed by atoms with E-state index < -0.39 is 17.5 Å². The lowest BCUT2D eigenvalue weighted by Gasteiger charge is -2.21. The normalized spacial score (nSPS) is 10.6. The molecule has 0 bridgehead atoms. The first-order valence-electron chi connectivity index (χ1n) is 5.74. The van der Waals surface area contributed by atoms with E-state index in [4.69, 9.17) is 15.0 Å². The molecule has 10 heteroatoms. The van der Waals surface area contributed by atoms with Gasteiger partial charge in [-0.3, -0.25) is 9.59 Å². The molecule has 0 N–H and O–H groups in total. The molecule has 1 aromatic rings. The Morgan fingerprint density at radius 1 is 1.30 bits per heavy atom. The van der Waals surface area contributed by atoms with Crippen molar-refractivity contribution in [1.82, 2.24) is 10.2 Å². The van der Waals surface area contributed by atoms with Gasteiger partial charge in [-0.1, -0.05) is 16.5 Å². The van der Waals surface area contributed by atoms with Gasteiger partial charge in [0.1, 0.15) is 5.01 Å². The van der Waals surface area contributed by atoms with Crippen molar-refractivity contribution >= 4 is 23.3 Å². The summed E-state index contributed by atoms with van der Waals surface area (Å²) in [7, 11) is 0. The van der Waals surface area contributed by atoms with Crippen LogP contribution in [-0.2, 0) is 24.6 Å². The van der Waals surface area contributed by atoms with E-state index in [-0.39, 0.29) is 18.2 Å². The summed E-state index contributed by atoms with van der Waals surface area (Å²) in [6.45, 7) is 4.79. The standard InChI is InChI=1S/C10H13N5O4S/c1-4-18-8(16)10(14-15-11,9(17)19-5-2)7-13-12-6(3)20-7/h4-5H2,1-3H3. The van der Waals surface area contributed by atoms with E-state index >= 15 is 0 Å². The predicted octanol–water partition coefficient (Wildman–Crippen LogP) is 1.48. The number of carbonyl (C=O) groups excluding carboxylic acids is 2. The van der Waals surface area contributed by atoms with Gasteiger partial charge in [0.2, 0.25) is 0 Å². The van der Waals surface area contributed by atoms with E-state index in [1.54, 1.807) is 20.8 Å². The van der Waals surface area contributed by atoms with E-state index in [1.165, 1.54) is 0 Å². The zero-order valence-corrected chi connectivity index (χ0v) is 12.0. The van der Waals surface area contributed by atoms with E-state index in [0.717, 1.165) is 11.3 Å². The minimum absolute atomic E-state index is 0.0126. The number of aryl methyl sites for hydroxylation is 1. The summed E-state index contributed by atoms with van der Waals surface area (Å²) < 4.78 is 9.65. The summed E-state index contributed by atoms with van der Waals surface area (Å²) >= 11 is 0.954. The van der Waals surface area contributed by atoms with Gasteiger partial charge >= 0.3 is 11.9 Å². The average molecular weight is 299 g/mol. The highest BCUT2D eigenvalue weighted by atomic mass is 32.1. The maximum Gasteiger partial charge on any atom is 0.336 e. The van der Waals surface area contributed by atoms with Crippen LogP contribution in [0.4, 0.5) is 0 Å². The molecule has 0 saturated heterocycles. The minimum Gasteiger partial charge on any atom is -0.465 e. The lowest BCUT2D eigenvalue weighted by Crippen LogP contribution is -2.44. The molecular weight excluding hydrogens is 286 g/mol. The van der Waals surface area contributed by atoms with Crippen molar-refractivity contribution < 1.29 is 19.1 Å². The second-order valence-corrected chi connectivity index (χ2v) is 4.65. The number of hydrogen-bond acceptors (Lipinski definition) is 8. The number of esters is 2. The van der Waals surface area contributed by atoms with Gasteiger partial charge < -0.3 is 9.47 Å². The van der Waals surface area contributed by atoms with Crippen LogP contribution in [0.3, 0.4) is 0 Å².